The van der Waals surface area contributed by atoms with Gasteiger partial charge in [0.05, 0.1) is 24.8 Å². The lowest BCUT2D eigenvalue weighted by molar-refractivity contribution is 0.297. The van der Waals surface area contributed by atoms with Gasteiger partial charge in [0.2, 0.25) is 0 Å². The molecule has 1 atom stereocenters. The Balaban J connectivity index is 0.00000243. The van der Waals surface area contributed by atoms with Crippen LogP contribution in [0, 0.1) is 0 Å². The lowest BCUT2D eigenvalue weighted by Crippen LogP contribution is -2.40. The number of nitrogens with one attached hydrogen (secondary N) is 2. The van der Waals surface area contributed by atoms with Gasteiger partial charge in [-0.15, -0.1) is 24.0 Å². The second-order valence-corrected chi connectivity index (χ2v) is 7.98. The Kier molecular flexibility index (Phi) is 9.49. The summed E-state index contributed by atoms with van der Waals surface area (Å²) in [4.78, 5) is 4.69. The Morgan fingerprint density at radius 3 is 2.88 bits per heavy atom. The standard InChI is InChI=1S/C18H26ClN3O2S.HI/c1-2-20-18(22-12-14-5-3-8-25-14)21-11-13-9-15(19)17-16(10-13)23-6-4-7-24-17;/h9-10,14H,2-8,11-12H2,1H3,(H2,20,21,22);1H. The summed E-state index contributed by atoms with van der Waals surface area (Å²) in [6, 6.07) is 3.89. The first-order chi connectivity index (χ1) is 12.3. The van der Waals surface area contributed by atoms with Gasteiger partial charge in [-0.25, -0.2) is 4.99 Å². The van der Waals surface area contributed by atoms with Gasteiger partial charge in [0.15, 0.2) is 17.5 Å². The Bertz CT molecular complexity index is 612. The highest BCUT2D eigenvalue weighted by Gasteiger charge is 2.17. The number of aliphatic imine (C=N–C) groups is 1. The quantitative estimate of drug-likeness (QED) is 0.355. The molecule has 1 aromatic carbocycles. The molecule has 0 amide bonds. The van der Waals surface area contributed by atoms with Crippen LogP contribution in [0.4, 0.5) is 0 Å². The molecule has 0 saturated carbocycles. The van der Waals surface area contributed by atoms with Crippen molar-refractivity contribution in [1.82, 2.24) is 10.6 Å². The average molecular weight is 512 g/mol. The Morgan fingerprint density at radius 2 is 2.12 bits per heavy atom. The molecular formula is C18H27ClIN3O2S. The molecule has 0 spiro atoms. The molecule has 2 aliphatic heterocycles. The summed E-state index contributed by atoms with van der Waals surface area (Å²) < 4.78 is 11.4. The van der Waals surface area contributed by atoms with Crippen LogP contribution in [0.5, 0.6) is 11.5 Å². The molecule has 146 valence electrons. The highest BCUT2D eigenvalue weighted by Crippen LogP contribution is 2.38. The van der Waals surface area contributed by atoms with Crippen molar-refractivity contribution in [2.24, 2.45) is 4.99 Å². The summed E-state index contributed by atoms with van der Waals surface area (Å²) in [7, 11) is 0. The van der Waals surface area contributed by atoms with Crippen LogP contribution in [-0.4, -0.2) is 43.3 Å². The number of benzene rings is 1. The maximum atomic E-state index is 6.36. The molecule has 0 aliphatic carbocycles. The van der Waals surface area contributed by atoms with E-state index in [-0.39, 0.29) is 24.0 Å². The van der Waals surface area contributed by atoms with E-state index in [4.69, 9.17) is 21.1 Å². The SMILES string of the molecule is CCNC(=NCc1cc(Cl)c2c(c1)OCCCO2)NCC1CCCS1.I. The normalized spacial score (nSPS) is 19.5. The van der Waals surface area contributed by atoms with E-state index in [0.29, 0.717) is 35.8 Å². The van der Waals surface area contributed by atoms with Crippen LogP contribution >= 0.6 is 47.3 Å². The van der Waals surface area contributed by atoms with E-state index >= 15 is 0 Å². The summed E-state index contributed by atoms with van der Waals surface area (Å²) >= 11 is 8.40. The van der Waals surface area contributed by atoms with Crippen LogP contribution in [0.2, 0.25) is 5.02 Å². The Hall–Kier alpha value is -0.540. The van der Waals surface area contributed by atoms with E-state index in [1.807, 2.05) is 23.9 Å². The number of thioether (sulfide) groups is 1. The molecule has 1 unspecified atom stereocenters. The third-order valence-electron chi connectivity index (χ3n) is 4.15. The molecular weight excluding hydrogens is 485 g/mol. The van der Waals surface area contributed by atoms with Crippen molar-refractivity contribution < 1.29 is 9.47 Å². The third kappa shape index (κ3) is 6.27. The number of ether oxygens (including phenoxy) is 2. The molecule has 2 aliphatic rings. The zero-order valence-electron chi connectivity index (χ0n) is 15.1. The molecule has 3 rings (SSSR count). The van der Waals surface area contributed by atoms with E-state index < -0.39 is 0 Å². The van der Waals surface area contributed by atoms with Crippen molar-refractivity contribution >= 4 is 53.3 Å². The second kappa shape index (κ2) is 11.3. The van der Waals surface area contributed by atoms with Gasteiger partial charge in [0.25, 0.3) is 0 Å². The number of hydrogen-bond donors (Lipinski definition) is 2. The molecule has 0 bridgehead atoms. The Morgan fingerprint density at radius 1 is 1.27 bits per heavy atom. The van der Waals surface area contributed by atoms with E-state index in [9.17, 15) is 0 Å². The van der Waals surface area contributed by atoms with Crippen molar-refractivity contribution in [3.8, 4) is 11.5 Å². The third-order valence-corrected chi connectivity index (χ3v) is 5.83. The van der Waals surface area contributed by atoms with Crippen LogP contribution < -0.4 is 20.1 Å². The molecule has 2 N–H and O–H groups in total. The average Bonchev–Trinajstić information content (AvgIpc) is 3.01. The van der Waals surface area contributed by atoms with E-state index in [1.165, 1.54) is 18.6 Å². The topological polar surface area (TPSA) is 54.9 Å². The zero-order chi connectivity index (χ0) is 17.5. The highest BCUT2D eigenvalue weighted by atomic mass is 127. The molecule has 1 fully saturated rings. The van der Waals surface area contributed by atoms with Gasteiger partial charge in [-0.05, 0) is 43.2 Å². The summed E-state index contributed by atoms with van der Waals surface area (Å²) in [6.45, 7) is 5.70. The zero-order valence-corrected chi connectivity index (χ0v) is 19.0. The predicted octanol–water partition coefficient (Wildman–Crippen LogP) is 4.07. The fourth-order valence-electron chi connectivity index (χ4n) is 2.90. The summed E-state index contributed by atoms with van der Waals surface area (Å²) in [5.74, 6) is 3.49. The molecule has 0 radical (unpaired) electrons. The van der Waals surface area contributed by atoms with Crippen LogP contribution in [-0.2, 0) is 6.54 Å². The van der Waals surface area contributed by atoms with Gasteiger partial charge in [-0.2, -0.15) is 11.8 Å². The summed E-state index contributed by atoms with van der Waals surface area (Å²) in [5.41, 5.74) is 1.02. The smallest absolute Gasteiger partial charge is 0.191 e. The minimum absolute atomic E-state index is 0. The van der Waals surface area contributed by atoms with Crippen molar-refractivity contribution in [3.05, 3.63) is 22.7 Å². The van der Waals surface area contributed by atoms with Gasteiger partial charge in [-0.3, -0.25) is 0 Å². The number of fused-ring (bicyclic) bond motifs is 1. The molecule has 1 aromatic rings. The summed E-state index contributed by atoms with van der Waals surface area (Å²) in [6.07, 6.45) is 3.47. The van der Waals surface area contributed by atoms with Gasteiger partial charge < -0.3 is 20.1 Å². The first-order valence-electron chi connectivity index (χ1n) is 8.98. The van der Waals surface area contributed by atoms with Gasteiger partial charge in [0.1, 0.15) is 0 Å². The van der Waals surface area contributed by atoms with Crippen LogP contribution in [0.1, 0.15) is 31.7 Å². The first-order valence-corrected chi connectivity index (χ1v) is 10.4. The van der Waals surface area contributed by atoms with Crippen LogP contribution in [0.15, 0.2) is 17.1 Å². The fourth-order valence-corrected chi connectivity index (χ4v) is 4.39. The van der Waals surface area contributed by atoms with E-state index in [2.05, 4.69) is 22.5 Å². The molecule has 2 heterocycles. The molecule has 0 aromatic heterocycles. The minimum atomic E-state index is 0. The first kappa shape index (κ1) is 21.8. The van der Waals surface area contributed by atoms with E-state index in [0.717, 1.165) is 36.8 Å². The van der Waals surface area contributed by atoms with Gasteiger partial charge in [0, 0.05) is 24.8 Å². The largest absolute Gasteiger partial charge is 0.489 e. The monoisotopic (exact) mass is 511 g/mol. The van der Waals surface area contributed by atoms with Crippen LogP contribution in [0.25, 0.3) is 0 Å². The molecule has 1 saturated heterocycles. The maximum Gasteiger partial charge on any atom is 0.191 e. The number of halogens is 2. The fraction of sp³-hybridized carbons (Fsp3) is 0.611. The number of guanidine groups is 1. The second-order valence-electron chi connectivity index (χ2n) is 6.17. The van der Waals surface area contributed by atoms with Gasteiger partial charge >= 0.3 is 0 Å². The minimum Gasteiger partial charge on any atom is -0.489 e. The number of hydrogen-bond acceptors (Lipinski definition) is 4. The lowest BCUT2D eigenvalue weighted by atomic mass is 10.2. The van der Waals surface area contributed by atoms with Crippen molar-refractivity contribution in [2.45, 2.75) is 38.0 Å². The van der Waals surface area contributed by atoms with E-state index in [1.54, 1.807) is 0 Å². The van der Waals surface area contributed by atoms with Gasteiger partial charge in [-0.1, -0.05) is 11.6 Å². The number of nitrogens with zero attached hydrogens (tertiary/aromatic N) is 1. The number of rotatable bonds is 5. The maximum absolute atomic E-state index is 6.36. The lowest BCUT2D eigenvalue weighted by Gasteiger charge is -2.15. The molecule has 26 heavy (non-hydrogen) atoms. The molecule has 5 nitrogen and oxygen atoms in total. The highest BCUT2D eigenvalue weighted by molar-refractivity contribution is 14.0. The van der Waals surface area contributed by atoms with Crippen molar-refractivity contribution in [1.29, 1.82) is 0 Å². The van der Waals surface area contributed by atoms with Crippen molar-refractivity contribution in [2.75, 3.05) is 32.1 Å². The Labute approximate surface area is 182 Å². The van der Waals surface area contributed by atoms with Crippen molar-refractivity contribution in [3.63, 3.8) is 0 Å². The van der Waals surface area contributed by atoms with Crippen LogP contribution in [0.3, 0.4) is 0 Å². The summed E-state index contributed by atoms with van der Waals surface area (Å²) in [5, 5.41) is 8.03. The molecule has 8 heteroatoms. The predicted molar refractivity (Wildman–Crippen MR) is 121 cm³/mol.